The molecule has 1 aromatic rings. The van der Waals surface area contributed by atoms with Crippen LogP contribution in [0.3, 0.4) is 0 Å². The smallest absolute Gasteiger partial charge is 0.230 e. The Bertz CT molecular complexity index is 443. The lowest BCUT2D eigenvalue weighted by molar-refractivity contribution is -0.154. The maximum absolute atomic E-state index is 12.2. The van der Waals surface area contributed by atoms with Gasteiger partial charge in [0, 0.05) is 24.4 Å². The molecular formula is C13H16N2O2S. The highest BCUT2D eigenvalue weighted by atomic mass is 32.1. The van der Waals surface area contributed by atoms with E-state index in [1.807, 2.05) is 5.38 Å². The summed E-state index contributed by atoms with van der Waals surface area (Å²) in [5.74, 6) is -0.0216. The van der Waals surface area contributed by atoms with Gasteiger partial charge in [-0.05, 0) is 18.3 Å². The summed E-state index contributed by atoms with van der Waals surface area (Å²) in [6, 6.07) is 0. The fourth-order valence-corrected chi connectivity index (χ4v) is 3.76. The summed E-state index contributed by atoms with van der Waals surface area (Å²) in [6.07, 6.45) is 7.19. The lowest BCUT2D eigenvalue weighted by Crippen LogP contribution is -2.46. The molecule has 3 rings (SSSR count). The van der Waals surface area contributed by atoms with E-state index in [2.05, 4.69) is 4.98 Å². The number of amides is 2. The van der Waals surface area contributed by atoms with Crippen molar-refractivity contribution in [3.05, 3.63) is 16.6 Å². The van der Waals surface area contributed by atoms with Crippen LogP contribution < -0.4 is 0 Å². The SMILES string of the molecule is O=C1CC2(CCCC2)CC(=O)N1Cc1nccs1. The van der Waals surface area contributed by atoms with Crippen LogP contribution in [0, 0.1) is 5.41 Å². The van der Waals surface area contributed by atoms with E-state index in [1.165, 1.54) is 16.2 Å². The predicted molar refractivity (Wildman–Crippen MR) is 67.8 cm³/mol. The highest BCUT2D eigenvalue weighted by molar-refractivity contribution is 7.09. The van der Waals surface area contributed by atoms with Gasteiger partial charge in [0.25, 0.3) is 0 Å². The van der Waals surface area contributed by atoms with Gasteiger partial charge in [-0.25, -0.2) is 4.98 Å². The largest absolute Gasteiger partial charge is 0.276 e. The summed E-state index contributed by atoms with van der Waals surface area (Å²) in [6.45, 7) is 0.353. The Morgan fingerprint density at radius 3 is 2.44 bits per heavy atom. The van der Waals surface area contributed by atoms with Crippen molar-refractivity contribution in [1.29, 1.82) is 0 Å². The van der Waals surface area contributed by atoms with Gasteiger partial charge in [0.1, 0.15) is 5.01 Å². The van der Waals surface area contributed by atoms with Crippen LogP contribution in [0.1, 0.15) is 43.5 Å². The van der Waals surface area contributed by atoms with Gasteiger partial charge in [-0.1, -0.05) is 12.8 Å². The number of hydrogen-bond donors (Lipinski definition) is 0. The van der Waals surface area contributed by atoms with Crippen molar-refractivity contribution in [2.45, 2.75) is 45.1 Å². The molecule has 0 bridgehead atoms. The third-order valence-corrected chi connectivity index (χ3v) is 4.86. The molecule has 0 aromatic carbocycles. The van der Waals surface area contributed by atoms with Crippen LogP contribution in [0.15, 0.2) is 11.6 Å². The molecule has 0 N–H and O–H groups in total. The predicted octanol–water partition coefficient (Wildman–Crippen LogP) is 2.35. The molecular weight excluding hydrogens is 248 g/mol. The number of piperidine rings is 1. The van der Waals surface area contributed by atoms with Crippen molar-refractivity contribution in [2.75, 3.05) is 0 Å². The van der Waals surface area contributed by atoms with Crippen LogP contribution in [-0.4, -0.2) is 21.7 Å². The van der Waals surface area contributed by atoms with E-state index in [0.717, 1.165) is 30.7 Å². The summed E-state index contributed by atoms with van der Waals surface area (Å²) in [5.41, 5.74) is -0.00640. The van der Waals surface area contributed by atoms with Gasteiger partial charge in [-0.2, -0.15) is 0 Å². The molecule has 18 heavy (non-hydrogen) atoms. The standard InChI is InChI=1S/C13H16N2O2S/c16-11-7-13(3-1-2-4-13)8-12(17)15(11)9-10-14-5-6-18-10/h5-6H,1-4,7-9H2. The first-order valence-corrected chi connectivity index (χ1v) is 7.28. The fraction of sp³-hybridized carbons (Fsp3) is 0.615. The molecule has 1 saturated carbocycles. The Kier molecular flexibility index (Phi) is 2.93. The molecule has 96 valence electrons. The number of aromatic nitrogens is 1. The van der Waals surface area contributed by atoms with Crippen molar-refractivity contribution in [2.24, 2.45) is 5.41 Å². The zero-order valence-electron chi connectivity index (χ0n) is 10.2. The topological polar surface area (TPSA) is 50.3 Å². The lowest BCUT2D eigenvalue weighted by atomic mass is 9.76. The van der Waals surface area contributed by atoms with Gasteiger partial charge in [0.2, 0.25) is 11.8 Å². The van der Waals surface area contributed by atoms with E-state index in [4.69, 9.17) is 0 Å². The number of imide groups is 1. The zero-order valence-corrected chi connectivity index (χ0v) is 11.0. The first-order valence-electron chi connectivity index (χ1n) is 6.40. The Morgan fingerprint density at radius 2 is 1.89 bits per heavy atom. The van der Waals surface area contributed by atoms with Crippen LogP contribution in [0.25, 0.3) is 0 Å². The number of hydrogen-bond acceptors (Lipinski definition) is 4. The zero-order chi connectivity index (χ0) is 12.6. The number of likely N-dealkylation sites (tertiary alicyclic amines) is 1. The molecule has 2 amide bonds. The normalized spacial score (nSPS) is 23.0. The van der Waals surface area contributed by atoms with Gasteiger partial charge in [-0.15, -0.1) is 11.3 Å². The molecule has 1 aliphatic carbocycles. The van der Waals surface area contributed by atoms with Crippen LogP contribution >= 0.6 is 11.3 Å². The molecule has 1 saturated heterocycles. The quantitative estimate of drug-likeness (QED) is 0.770. The van der Waals surface area contributed by atoms with Crippen LogP contribution in [0.2, 0.25) is 0 Å². The highest BCUT2D eigenvalue weighted by Gasteiger charge is 2.45. The van der Waals surface area contributed by atoms with Crippen molar-refractivity contribution in [1.82, 2.24) is 9.88 Å². The Morgan fingerprint density at radius 1 is 1.22 bits per heavy atom. The molecule has 4 nitrogen and oxygen atoms in total. The third-order valence-electron chi connectivity index (χ3n) is 4.10. The van der Waals surface area contributed by atoms with Crippen molar-refractivity contribution < 1.29 is 9.59 Å². The van der Waals surface area contributed by atoms with Gasteiger partial charge >= 0.3 is 0 Å². The van der Waals surface area contributed by atoms with E-state index in [1.54, 1.807) is 6.20 Å². The molecule has 0 atom stereocenters. The number of carbonyl (C=O) groups is 2. The van der Waals surface area contributed by atoms with Gasteiger partial charge in [-0.3, -0.25) is 14.5 Å². The average molecular weight is 264 g/mol. The Balaban J connectivity index is 1.74. The molecule has 1 spiro atoms. The Hall–Kier alpha value is -1.23. The molecule has 0 unspecified atom stereocenters. The Labute approximate surface area is 110 Å². The minimum absolute atomic E-state index is 0.00640. The van der Waals surface area contributed by atoms with E-state index < -0.39 is 0 Å². The first-order chi connectivity index (χ1) is 8.69. The third kappa shape index (κ3) is 2.07. The lowest BCUT2D eigenvalue weighted by Gasteiger charge is -2.36. The summed E-state index contributed by atoms with van der Waals surface area (Å²) < 4.78 is 0. The minimum atomic E-state index is -0.0108. The molecule has 2 fully saturated rings. The maximum atomic E-state index is 12.2. The number of carbonyl (C=O) groups excluding carboxylic acids is 2. The molecule has 2 heterocycles. The first kappa shape index (κ1) is 11.8. The average Bonchev–Trinajstić information content (AvgIpc) is 2.96. The second-order valence-corrected chi connectivity index (χ2v) is 6.34. The van der Waals surface area contributed by atoms with E-state index in [0.29, 0.717) is 19.4 Å². The monoisotopic (exact) mass is 264 g/mol. The number of thiazole rings is 1. The van der Waals surface area contributed by atoms with Gasteiger partial charge in [0.15, 0.2) is 0 Å². The van der Waals surface area contributed by atoms with Crippen molar-refractivity contribution in [3.8, 4) is 0 Å². The van der Waals surface area contributed by atoms with Crippen molar-refractivity contribution >= 4 is 23.2 Å². The maximum Gasteiger partial charge on any atom is 0.230 e. The van der Waals surface area contributed by atoms with Crippen molar-refractivity contribution in [3.63, 3.8) is 0 Å². The van der Waals surface area contributed by atoms with E-state index >= 15 is 0 Å². The summed E-state index contributed by atoms with van der Waals surface area (Å²) in [4.78, 5) is 29.9. The molecule has 1 aliphatic heterocycles. The minimum Gasteiger partial charge on any atom is -0.276 e. The molecule has 2 aliphatic rings. The number of rotatable bonds is 2. The van der Waals surface area contributed by atoms with Gasteiger partial charge in [0.05, 0.1) is 6.54 Å². The second-order valence-electron chi connectivity index (χ2n) is 5.36. The molecule has 0 radical (unpaired) electrons. The van der Waals surface area contributed by atoms with E-state index in [-0.39, 0.29) is 17.2 Å². The van der Waals surface area contributed by atoms with Crippen LogP contribution in [0.4, 0.5) is 0 Å². The summed E-state index contributed by atoms with van der Waals surface area (Å²) in [5, 5.41) is 2.70. The van der Waals surface area contributed by atoms with Crippen LogP contribution in [0.5, 0.6) is 0 Å². The molecule has 5 heteroatoms. The van der Waals surface area contributed by atoms with Crippen LogP contribution in [-0.2, 0) is 16.1 Å². The fourth-order valence-electron chi connectivity index (χ4n) is 3.16. The summed E-state index contributed by atoms with van der Waals surface area (Å²) >= 11 is 1.49. The number of nitrogens with zero attached hydrogens (tertiary/aromatic N) is 2. The second kappa shape index (κ2) is 4.46. The summed E-state index contributed by atoms with van der Waals surface area (Å²) in [7, 11) is 0. The molecule has 1 aromatic heterocycles. The van der Waals surface area contributed by atoms with E-state index in [9.17, 15) is 9.59 Å². The highest BCUT2D eigenvalue weighted by Crippen LogP contribution is 2.47. The van der Waals surface area contributed by atoms with Gasteiger partial charge < -0.3 is 0 Å².